The minimum absolute atomic E-state index is 0.233. The molecule has 2 unspecified atom stereocenters. The highest BCUT2D eigenvalue weighted by molar-refractivity contribution is 5.79. The van der Waals surface area contributed by atoms with Gasteiger partial charge in [-0.2, -0.15) is 0 Å². The second kappa shape index (κ2) is 7.96. The van der Waals surface area contributed by atoms with Crippen molar-refractivity contribution in [3.05, 3.63) is 0 Å². The Kier molecular flexibility index (Phi) is 6.26. The van der Waals surface area contributed by atoms with Crippen LogP contribution in [-0.2, 0) is 9.53 Å². The van der Waals surface area contributed by atoms with Gasteiger partial charge in [-0.1, -0.05) is 0 Å². The molecule has 0 aromatic carbocycles. The van der Waals surface area contributed by atoms with Crippen molar-refractivity contribution in [2.45, 2.75) is 32.2 Å². The summed E-state index contributed by atoms with van der Waals surface area (Å²) in [5.41, 5.74) is 0. The van der Waals surface area contributed by atoms with Gasteiger partial charge in [-0.25, -0.2) is 0 Å². The van der Waals surface area contributed by atoms with Crippen LogP contribution in [0, 0.1) is 5.92 Å². The van der Waals surface area contributed by atoms with E-state index in [9.17, 15) is 4.79 Å². The Morgan fingerprint density at radius 2 is 2.15 bits per heavy atom. The second-order valence-electron chi connectivity index (χ2n) is 6.09. The van der Waals surface area contributed by atoms with E-state index in [1.165, 1.54) is 0 Å². The molecule has 1 N–H and O–H groups in total. The van der Waals surface area contributed by atoms with Crippen molar-refractivity contribution in [2.75, 3.05) is 53.0 Å². The van der Waals surface area contributed by atoms with Crippen LogP contribution in [-0.4, -0.2) is 74.7 Å². The quantitative estimate of drug-likeness (QED) is 0.819. The van der Waals surface area contributed by atoms with Gasteiger partial charge in [0.2, 0.25) is 5.91 Å². The number of hydrogen-bond donors (Lipinski definition) is 1. The first-order valence-corrected chi connectivity index (χ1v) is 7.94. The number of amides is 1. The number of carbonyl (C=O) groups is 1. The van der Waals surface area contributed by atoms with Crippen LogP contribution in [0.25, 0.3) is 0 Å². The first kappa shape index (κ1) is 15.7. The highest BCUT2D eigenvalue weighted by Gasteiger charge is 2.29. The zero-order valence-corrected chi connectivity index (χ0v) is 12.9. The molecule has 2 saturated heterocycles. The van der Waals surface area contributed by atoms with Gasteiger partial charge < -0.3 is 15.0 Å². The molecule has 2 fully saturated rings. The van der Waals surface area contributed by atoms with E-state index in [4.69, 9.17) is 4.74 Å². The molecule has 116 valence electrons. The summed E-state index contributed by atoms with van der Waals surface area (Å²) in [6.07, 6.45) is 3.06. The van der Waals surface area contributed by atoms with E-state index in [2.05, 4.69) is 22.0 Å². The summed E-state index contributed by atoms with van der Waals surface area (Å²) in [5.74, 6) is 0.615. The lowest BCUT2D eigenvalue weighted by atomic mass is 9.92. The zero-order valence-electron chi connectivity index (χ0n) is 12.9. The van der Waals surface area contributed by atoms with Crippen molar-refractivity contribution < 1.29 is 9.53 Å². The van der Waals surface area contributed by atoms with Crippen LogP contribution in [0.15, 0.2) is 0 Å². The van der Waals surface area contributed by atoms with Gasteiger partial charge in [-0.15, -0.1) is 0 Å². The summed E-state index contributed by atoms with van der Waals surface area (Å²) in [5, 5.41) is 3.42. The fraction of sp³-hybridized carbons (Fsp3) is 0.933. The van der Waals surface area contributed by atoms with Gasteiger partial charge >= 0.3 is 0 Å². The number of carbonyl (C=O) groups excluding carboxylic acids is 1. The first-order valence-electron chi connectivity index (χ1n) is 7.94. The molecule has 0 aliphatic carbocycles. The van der Waals surface area contributed by atoms with Crippen molar-refractivity contribution >= 4 is 5.91 Å². The van der Waals surface area contributed by atoms with Gasteiger partial charge in [0.1, 0.15) is 0 Å². The average molecular weight is 283 g/mol. The third-order valence-corrected chi connectivity index (χ3v) is 4.48. The van der Waals surface area contributed by atoms with E-state index >= 15 is 0 Å². The maximum atomic E-state index is 12.6. The van der Waals surface area contributed by atoms with Crippen molar-refractivity contribution in [1.82, 2.24) is 15.1 Å². The first-order chi connectivity index (χ1) is 9.70. The van der Waals surface area contributed by atoms with Gasteiger partial charge in [0.15, 0.2) is 0 Å². The van der Waals surface area contributed by atoms with E-state index in [-0.39, 0.29) is 5.92 Å². The number of hydrogen-bond acceptors (Lipinski definition) is 4. The zero-order chi connectivity index (χ0) is 14.4. The van der Waals surface area contributed by atoms with E-state index < -0.39 is 0 Å². The van der Waals surface area contributed by atoms with Crippen LogP contribution in [0.3, 0.4) is 0 Å². The summed E-state index contributed by atoms with van der Waals surface area (Å²) in [6.45, 7) is 8.76. The summed E-state index contributed by atoms with van der Waals surface area (Å²) >= 11 is 0. The molecule has 2 atom stereocenters. The molecular formula is C15H29N3O2. The van der Waals surface area contributed by atoms with Crippen molar-refractivity contribution in [3.63, 3.8) is 0 Å². The smallest absolute Gasteiger partial charge is 0.225 e. The summed E-state index contributed by atoms with van der Waals surface area (Å²) in [6, 6.07) is 0.475. The average Bonchev–Trinajstić information content (AvgIpc) is 2.70. The van der Waals surface area contributed by atoms with Crippen LogP contribution in [0.5, 0.6) is 0 Å². The molecule has 5 heteroatoms. The third-order valence-electron chi connectivity index (χ3n) is 4.48. The van der Waals surface area contributed by atoms with Gasteiger partial charge in [-0.3, -0.25) is 9.69 Å². The topological polar surface area (TPSA) is 44.8 Å². The Morgan fingerprint density at radius 3 is 2.90 bits per heavy atom. The third kappa shape index (κ3) is 4.43. The largest absolute Gasteiger partial charge is 0.383 e. The fourth-order valence-electron chi connectivity index (χ4n) is 3.25. The predicted octanol–water partition coefficient (Wildman–Crippen LogP) is 0.555. The molecule has 0 aromatic rings. The van der Waals surface area contributed by atoms with Crippen molar-refractivity contribution in [3.8, 4) is 0 Å². The fourth-order valence-corrected chi connectivity index (χ4v) is 3.25. The SMILES string of the molecule is COCCN1CCCN(C(=O)C2CCNC(C)C2)CC1. The lowest BCUT2D eigenvalue weighted by Crippen LogP contribution is -2.45. The molecule has 2 rings (SSSR count). The molecule has 2 aliphatic rings. The van der Waals surface area contributed by atoms with Crippen LogP contribution >= 0.6 is 0 Å². The molecule has 0 spiro atoms. The number of nitrogens with zero attached hydrogens (tertiary/aromatic N) is 2. The van der Waals surface area contributed by atoms with E-state index in [1.54, 1.807) is 7.11 Å². The predicted molar refractivity (Wildman–Crippen MR) is 79.7 cm³/mol. The molecule has 5 nitrogen and oxygen atoms in total. The van der Waals surface area contributed by atoms with Crippen LogP contribution in [0.1, 0.15) is 26.2 Å². The second-order valence-corrected chi connectivity index (χ2v) is 6.09. The molecule has 2 heterocycles. The standard InChI is InChI=1S/C15H29N3O2/c1-13-12-14(4-5-16-13)15(19)18-7-3-6-17(8-9-18)10-11-20-2/h13-14,16H,3-12H2,1-2H3. The highest BCUT2D eigenvalue weighted by atomic mass is 16.5. The van der Waals surface area contributed by atoms with Gasteiger partial charge in [0.25, 0.3) is 0 Å². The number of rotatable bonds is 4. The number of methoxy groups -OCH3 is 1. The molecule has 2 aliphatic heterocycles. The summed E-state index contributed by atoms with van der Waals surface area (Å²) in [7, 11) is 1.74. The molecule has 1 amide bonds. The minimum atomic E-state index is 0.233. The van der Waals surface area contributed by atoms with Gasteiger partial charge in [-0.05, 0) is 39.3 Å². The van der Waals surface area contributed by atoms with Crippen LogP contribution in [0.4, 0.5) is 0 Å². The minimum Gasteiger partial charge on any atom is -0.383 e. The van der Waals surface area contributed by atoms with Crippen molar-refractivity contribution in [2.24, 2.45) is 5.92 Å². The molecule has 20 heavy (non-hydrogen) atoms. The van der Waals surface area contributed by atoms with Crippen molar-refractivity contribution in [1.29, 1.82) is 0 Å². The summed E-state index contributed by atoms with van der Waals surface area (Å²) in [4.78, 5) is 17.1. The van der Waals surface area contributed by atoms with Gasteiger partial charge in [0, 0.05) is 45.2 Å². The lowest BCUT2D eigenvalue weighted by Gasteiger charge is -2.31. The molecule has 0 radical (unpaired) electrons. The van der Waals surface area contributed by atoms with Crippen LogP contribution in [0.2, 0.25) is 0 Å². The Labute approximate surface area is 122 Å². The lowest BCUT2D eigenvalue weighted by molar-refractivity contribution is -0.136. The Bertz CT molecular complexity index is 311. The maximum Gasteiger partial charge on any atom is 0.225 e. The Morgan fingerprint density at radius 1 is 1.30 bits per heavy atom. The maximum absolute atomic E-state index is 12.6. The molecule has 0 bridgehead atoms. The normalized spacial score (nSPS) is 29.2. The van der Waals surface area contributed by atoms with E-state index in [1.807, 2.05) is 0 Å². The molecule has 0 aromatic heterocycles. The van der Waals surface area contributed by atoms with E-state index in [0.717, 1.165) is 65.1 Å². The summed E-state index contributed by atoms with van der Waals surface area (Å²) < 4.78 is 5.14. The molecular weight excluding hydrogens is 254 g/mol. The van der Waals surface area contributed by atoms with Gasteiger partial charge in [0.05, 0.1) is 6.61 Å². The molecule has 0 saturated carbocycles. The number of ether oxygens (including phenoxy) is 1. The Hall–Kier alpha value is -0.650. The van der Waals surface area contributed by atoms with Crippen LogP contribution < -0.4 is 5.32 Å². The monoisotopic (exact) mass is 283 g/mol. The number of piperidine rings is 1. The van der Waals surface area contributed by atoms with E-state index in [0.29, 0.717) is 11.9 Å². The Balaban J connectivity index is 1.81. The highest BCUT2D eigenvalue weighted by Crippen LogP contribution is 2.19. The number of nitrogens with one attached hydrogen (secondary N) is 1.